The first-order valence-corrected chi connectivity index (χ1v) is 5.14. The van der Waals surface area contributed by atoms with Gasteiger partial charge in [-0.1, -0.05) is 0 Å². The molecule has 0 aliphatic carbocycles. The lowest BCUT2D eigenvalue weighted by Gasteiger charge is -2.13. The number of rotatable bonds is 1. The summed E-state index contributed by atoms with van der Waals surface area (Å²) < 4.78 is 6.74. The van der Waals surface area contributed by atoms with Crippen LogP contribution in [0, 0.1) is 6.92 Å². The summed E-state index contributed by atoms with van der Waals surface area (Å²) in [5.74, 6) is 0. The van der Waals surface area contributed by atoms with E-state index in [0.29, 0.717) is 12.0 Å². The number of aliphatic hydroxyl groups excluding tert-OH is 1. The highest BCUT2D eigenvalue weighted by molar-refractivity contribution is 5.01. The molecule has 0 radical (unpaired) electrons. The number of nitrogens with one attached hydrogen (secondary N) is 1. The first kappa shape index (κ1) is 11.1. The van der Waals surface area contributed by atoms with Crippen LogP contribution in [0.25, 0.3) is 0 Å². The van der Waals surface area contributed by atoms with Gasteiger partial charge in [0.25, 0.3) is 5.56 Å². The van der Waals surface area contributed by atoms with Gasteiger partial charge in [0, 0.05) is 18.2 Å². The number of hydrogen-bond donors (Lipinski definition) is 2. The van der Waals surface area contributed by atoms with E-state index in [-0.39, 0.29) is 6.10 Å². The minimum absolute atomic E-state index is 0.302. The average molecular weight is 226 g/mol. The zero-order chi connectivity index (χ0) is 11.9. The third kappa shape index (κ3) is 1.81. The molecule has 0 spiro atoms. The molecule has 1 aromatic rings. The number of aromatic nitrogens is 2. The molecular formula is C10H14N2O4. The van der Waals surface area contributed by atoms with E-state index in [1.165, 1.54) is 10.8 Å². The number of ether oxygens (including phenoxy) is 1. The van der Waals surface area contributed by atoms with Crippen LogP contribution in [0.2, 0.25) is 0 Å². The summed E-state index contributed by atoms with van der Waals surface area (Å²) in [7, 11) is 0. The maximum atomic E-state index is 11.5. The minimum atomic E-state index is -0.580. The number of nitrogens with zero attached hydrogens (tertiary/aromatic N) is 1. The van der Waals surface area contributed by atoms with Gasteiger partial charge < -0.3 is 9.84 Å². The van der Waals surface area contributed by atoms with Crippen molar-refractivity contribution in [3.8, 4) is 0 Å². The van der Waals surface area contributed by atoms with E-state index in [9.17, 15) is 14.7 Å². The minimum Gasteiger partial charge on any atom is -0.390 e. The third-order valence-corrected chi connectivity index (χ3v) is 2.81. The molecule has 6 heteroatoms. The van der Waals surface area contributed by atoms with Gasteiger partial charge in [-0.05, 0) is 13.8 Å². The van der Waals surface area contributed by atoms with Crippen LogP contribution in [0.4, 0.5) is 0 Å². The molecule has 1 aliphatic heterocycles. The molecule has 88 valence electrons. The van der Waals surface area contributed by atoms with Gasteiger partial charge in [0.05, 0.1) is 12.2 Å². The maximum Gasteiger partial charge on any atom is 0.330 e. The molecule has 1 fully saturated rings. The molecule has 0 unspecified atom stereocenters. The monoisotopic (exact) mass is 226 g/mol. The molecule has 2 rings (SSSR count). The van der Waals surface area contributed by atoms with Crippen molar-refractivity contribution in [1.82, 2.24) is 9.55 Å². The third-order valence-electron chi connectivity index (χ3n) is 2.81. The first-order valence-electron chi connectivity index (χ1n) is 5.14. The number of aromatic amines is 1. The molecule has 16 heavy (non-hydrogen) atoms. The topological polar surface area (TPSA) is 84.3 Å². The van der Waals surface area contributed by atoms with Gasteiger partial charge >= 0.3 is 5.69 Å². The Bertz CT molecular complexity index is 494. The number of aliphatic hydroxyl groups is 1. The van der Waals surface area contributed by atoms with E-state index >= 15 is 0 Å². The lowest BCUT2D eigenvalue weighted by molar-refractivity contribution is -0.0102. The maximum absolute atomic E-state index is 11.5. The van der Waals surface area contributed by atoms with Crippen molar-refractivity contribution >= 4 is 0 Å². The fourth-order valence-electron chi connectivity index (χ4n) is 1.77. The second-order valence-electron chi connectivity index (χ2n) is 4.08. The van der Waals surface area contributed by atoms with Crippen LogP contribution in [-0.2, 0) is 4.74 Å². The summed E-state index contributed by atoms with van der Waals surface area (Å²) in [4.78, 5) is 24.9. The summed E-state index contributed by atoms with van der Waals surface area (Å²) in [5.41, 5.74) is -0.466. The molecule has 2 heterocycles. The molecule has 2 N–H and O–H groups in total. The van der Waals surface area contributed by atoms with Crippen LogP contribution >= 0.6 is 0 Å². The molecule has 0 bridgehead atoms. The van der Waals surface area contributed by atoms with Crippen LogP contribution < -0.4 is 11.2 Å². The molecule has 0 saturated carbocycles. The molecule has 3 atom stereocenters. The average Bonchev–Trinajstić information content (AvgIpc) is 2.53. The van der Waals surface area contributed by atoms with Crippen LogP contribution in [-0.4, -0.2) is 26.9 Å². The molecule has 6 nitrogen and oxygen atoms in total. The van der Waals surface area contributed by atoms with Crippen molar-refractivity contribution in [1.29, 1.82) is 0 Å². The Balaban J connectivity index is 2.39. The molecule has 1 aliphatic rings. The number of H-pyrrole nitrogens is 1. The van der Waals surface area contributed by atoms with Crippen LogP contribution in [0.15, 0.2) is 15.8 Å². The Hall–Kier alpha value is -1.40. The Morgan fingerprint density at radius 1 is 1.56 bits per heavy atom. The van der Waals surface area contributed by atoms with E-state index in [1.54, 1.807) is 13.8 Å². The van der Waals surface area contributed by atoms with Gasteiger partial charge in [-0.2, -0.15) is 0 Å². The van der Waals surface area contributed by atoms with Crippen molar-refractivity contribution in [3.63, 3.8) is 0 Å². The molecule has 1 aromatic heterocycles. The zero-order valence-corrected chi connectivity index (χ0v) is 9.14. The summed E-state index contributed by atoms with van der Waals surface area (Å²) >= 11 is 0. The molecule has 0 aromatic carbocycles. The van der Waals surface area contributed by atoms with Crippen LogP contribution in [0.5, 0.6) is 0 Å². The Morgan fingerprint density at radius 2 is 2.25 bits per heavy atom. The fourth-order valence-corrected chi connectivity index (χ4v) is 1.77. The standard InChI is InChI=1S/C10H14N2O4/c1-5-4-12(10(15)11-9(5)14)8-3-7(13)6(2)16-8/h4,6-8,13H,3H2,1-2H3,(H,11,14,15)/t6-,7+,8-/m1/s1. The van der Waals surface area contributed by atoms with Crippen molar-refractivity contribution in [3.05, 3.63) is 32.6 Å². The Morgan fingerprint density at radius 3 is 2.81 bits per heavy atom. The lowest BCUT2D eigenvalue weighted by atomic mass is 10.2. The van der Waals surface area contributed by atoms with Crippen LogP contribution in [0.1, 0.15) is 25.1 Å². The van der Waals surface area contributed by atoms with Gasteiger partial charge in [0.15, 0.2) is 0 Å². The van der Waals surface area contributed by atoms with E-state index in [0.717, 1.165) is 0 Å². The Labute approximate surface area is 91.5 Å². The van der Waals surface area contributed by atoms with Crippen molar-refractivity contribution in [2.75, 3.05) is 0 Å². The normalized spacial score (nSPS) is 29.6. The van der Waals surface area contributed by atoms with Gasteiger partial charge in [0.1, 0.15) is 6.23 Å². The predicted octanol–water partition coefficient (Wildman–Crippen LogP) is -0.487. The van der Waals surface area contributed by atoms with Crippen molar-refractivity contribution < 1.29 is 9.84 Å². The molecular weight excluding hydrogens is 212 g/mol. The molecule has 1 saturated heterocycles. The lowest BCUT2D eigenvalue weighted by Crippen LogP contribution is -2.33. The predicted molar refractivity (Wildman–Crippen MR) is 56.3 cm³/mol. The first-order chi connectivity index (χ1) is 7.49. The second kappa shape index (κ2) is 3.88. The quantitative estimate of drug-likeness (QED) is 0.677. The van der Waals surface area contributed by atoms with Gasteiger partial charge in [-0.25, -0.2) is 4.79 Å². The van der Waals surface area contributed by atoms with Gasteiger partial charge in [0.2, 0.25) is 0 Å². The molecule has 0 amide bonds. The summed E-state index contributed by atoms with van der Waals surface area (Å²) in [6, 6.07) is 0. The highest BCUT2D eigenvalue weighted by atomic mass is 16.5. The zero-order valence-electron chi connectivity index (χ0n) is 9.14. The van der Waals surface area contributed by atoms with Gasteiger partial charge in [-0.15, -0.1) is 0 Å². The number of aryl methyl sites for hydroxylation is 1. The van der Waals surface area contributed by atoms with E-state index in [2.05, 4.69) is 4.98 Å². The smallest absolute Gasteiger partial charge is 0.330 e. The SMILES string of the molecule is Cc1cn([C@H]2C[C@H](O)[C@@H](C)O2)c(=O)[nH]c1=O. The summed E-state index contributed by atoms with van der Waals surface area (Å²) in [6.07, 6.45) is 0.421. The van der Waals surface area contributed by atoms with E-state index < -0.39 is 23.6 Å². The van der Waals surface area contributed by atoms with Gasteiger partial charge in [-0.3, -0.25) is 14.3 Å². The second-order valence-corrected chi connectivity index (χ2v) is 4.08. The summed E-state index contributed by atoms with van der Waals surface area (Å²) in [6.45, 7) is 3.36. The van der Waals surface area contributed by atoms with E-state index in [1.807, 2.05) is 0 Å². The highest BCUT2D eigenvalue weighted by Crippen LogP contribution is 2.26. The Kier molecular flexibility index (Phi) is 2.69. The fraction of sp³-hybridized carbons (Fsp3) is 0.600. The highest BCUT2D eigenvalue weighted by Gasteiger charge is 2.32. The van der Waals surface area contributed by atoms with Crippen LogP contribution in [0.3, 0.4) is 0 Å². The van der Waals surface area contributed by atoms with Crippen molar-refractivity contribution in [2.24, 2.45) is 0 Å². The number of hydrogen-bond acceptors (Lipinski definition) is 4. The van der Waals surface area contributed by atoms with Crippen molar-refractivity contribution in [2.45, 2.75) is 38.7 Å². The largest absolute Gasteiger partial charge is 0.390 e. The summed E-state index contributed by atoms with van der Waals surface area (Å²) in [5, 5.41) is 9.53. The van der Waals surface area contributed by atoms with E-state index in [4.69, 9.17) is 4.74 Å².